The van der Waals surface area contributed by atoms with Gasteiger partial charge in [-0.2, -0.15) is 0 Å². The summed E-state index contributed by atoms with van der Waals surface area (Å²) in [5, 5.41) is 14.1. The Morgan fingerprint density at radius 2 is 1.78 bits per heavy atom. The third kappa shape index (κ3) is 1.57. The van der Waals surface area contributed by atoms with Gasteiger partial charge < -0.3 is 15.3 Å². The summed E-state index contributed by atoms with van der Waals surface area (Å²) in [6.07, 6.45) is 7.67. The van der Waals surface area contributed by atoms with Crippen LogP contribution in [0.3, 0.4) is 0 Å². The quantitative estimate of drug-likeness (QED) is 0.752. The minimum atomic E-state index is -0.584. The summed E-state index contributed by atoms with van der Waals surface area (Å²) in [6.45, 7) is 0. The van der Waals surface area contributed by atoms with Crippen molar-refractivity contribution in [3.63, 3.8) is 0 Å². The molecule has 6 unspecified atom stereocenters. The number of hydrogen-bond donors (Lipinski definition) is 2. The zero-order valence-electron chi connectivity index (χ0n) is 13.3. The van der Waals surface area contributed by atoms with Gasteiger partial charge in [0.25, 0.3) is 0 Å². The molecule has 2 aliphatic heterocycles. The minimum Gasteiger partial charge on any atom is -0.390 e. The average molecular weight is 316 g/mol. The first kappa shape index (κ1) is 13.2. The summed E-state index contributed by atoms with van der Waals surface area (Å²) < 4.78 is 0. The van der Waals surface area contributed by atoms with Crippen molar-refractivity contribution >= 4 is 11.8 Å². The normalized spacial score (nSPS) is 58.9. The van der Waals surface area contributed by atoms with Crippen molar-refractivity contribution < 1.29 is 14.7 Å². The molecule has 7 fully saturated rings. The molecule has 5 saturated carbocycles. The Morgan fingerprint density at radius 3 is 2.48 bits per heavy atom. The molecule has 5 heteroatoms. The fourth-order valence-corrected chi connectivity index (χ4v) is 7.49. The standard InChI is InChI=1S/C18H24N2O3/c21-15-13-3-11-2-12(11)20(13)16(22)14(19-15)17-4-9-1-10(5-17)7-18(23,6-9)8-17/h9-14,23H,1-8H2,(H,19,21). The van der Waals surface area contributed by atoms with Crippen LogP contribution in [-0.2, 0) is 9.59 Å². The van der Waals surface area contributed by atoms with Crippen LogP contribution in [0.5, 0.6) is 0 Å². The van der Waals surface area contributed by atoms with Crippen LogP contribution in [0.15, 0.2) is 0 Å². The Balaban J connectivity index is 1.39. The van der Waals surface area contributed by atoms with Crippen molar-refractivity contribution in [2.75, 3.05) is 0 Å². The van der Waals surface area contributed by atoms with Crippen LogP contribution in [0, 0.1) is 23.2 Å². The molecular formula is C18H24N2O3. The van der Waals surface area contributed by atoms with Gasteiger partial charge in [0.2, 0.25) is 11.8 Å². The van der Waals surface area contributed by atoms with Crippen molar-refractivity contribution in [2.45, 2.75) is 75.1 Å². The van der Waals surface area contributed by atoms with Gasteiger partial charge in [-0.15, -0.1) is 0 Å². The van der Waals surface area contributed by atoms with E-state index in [-0.39, 0.29) is 29.3 Å². The SMILES string of the molecule is O=C1NC(C23CC4CC(CC(O)(C4)C2)C3)C(=O)N2C1CC1CC12. The van der Waals surface area contributed by atoms with Gasteiger partial charge in [0.1, 0.15) is 12.1 Å². The second-order valence-electron chi connectivity index (χ2n) is 9.55. The van der Waals surface area contributed by atoms with Gasteiger partial charge in [-0.05, 0) is 69.1 Å². The molecule has 0 aromatic heterocycles. The van der Waals surface area contributed by atoms with Crippen LogP contribution in [-0.4, -0.2) is 45.5 Å². The number of piperidine rings is 1. The highest BCUT2D eigenvalue weighted by atomic mass is 16.3. The van der Waals surface area contributed by atoms with Crippen LogP contribution >= 0.6 is 0 Å². The second-order valence-corrected chi connectivity index (χ2v) is 9.55. The Hall–Kier alpha value is -1.10. The van der Waals surface area contributed by atoms with Crippen LogP contribution in [0.4, 0.5) is 0 Å². The fourth-order valence-electron chi connectivity index (χ4n) is 7.49. The predicted molar refractivity (Wildman–Crippen MR) is 81.1 cm³/mol. The highest BCUT2D eigenvalue weighted by Crippen LogP contribution is 2.63. The largest absolute Gasteiger partial charge is 0.390 e. The van der Waals surface area contributed by atoms with Gasteiger partial charge in [-0.25, -0.2) is 0 Å². The summed E-state index contributed by atoms with van der Waals surface area (Å²) >= 11 is 0. The molecule has 0 aromatic rings. The van der Waals surface area contributed by atoms with E-state index in [1.54, 1.807) is 0 Å². The van der Waals surface area contributed by atoms with Crippen molar-refractivity contribution in [3.8, 4) is 0 Å². The van der Waals surface area contributed by atoms with Crippen molar-refractivity contribution in [1.29, 1.82) is 0 Å². The number of nitrogens with zero attached hydrogens (tertiary/aromatic N) is 1. The zero-order valence-corrected chi connectivity index (χ0v) is 13.3. The van der Waals surface area contributed by atoms with Crippen LogP contribution in [0.25, 0.3) is 0 Å². The van der Waals surface area contributed by atoms with E-state index in [4.69, 9.17) is 0 Å². The molecule has 0 spiro atoms. The first-order chi connectivity index (χ1) is 11.0. The third-order valence-corrected chi connectivity index (χ3v) is 7.88. The number of aliphatic hydroxyl groups is 1. The number of amides is 2. The number of nitrogens with one attached hydrogen (secondary N) is 1. The Labute approximate surface area is 135 Å². The molecule has 4 bridgehead atoms. The van der Waals surface area contributed by atoms with Gasteiger partial charge in [0.15, 0.2) is 0 Å². The van der Waals surface area contributed by atoms with E-state index in [2.05, 4.69) is 5.32 Å². The maximum atomic E-state index is 13.2. The molecule has 2 amide bonds. The molecule has 7 aliphatic rings. The number of hydrogen-bond acceptors (Lipinski definition) is 3. The molecule has 23 heavy (non-hydrogen) atoms. The molecule has 0 radical (unpaired) electrons. The molecule has 5 aliphatic carbocycles. The summed E-state index contributed by atoms with van der Waals surface area (Å²) in [6, 6.07) is -0.263. The van der Waals surface area contributed by atoms with Gasteiger partial charge in [-0.1, -0.05) is 0 Å². The zero-order chi connectivity index (χ0) is 15.6. The van der Waals surface area contributed by atoms with E-state index in [0.29, 0.717) is 30.2 Å². The van der Waals surface area contributed by atoms with Crippen molar-refractivity contribution in [3.05, 3.63) is 0 Å². The topological polar surface area (TPSA) is 69.6 Å². The molecule has 7 rings (SSSR count). The van der Waals surface area contributed by atoms with Gasteiger partial charge in [-0.3, -0.25) is 9.59 Å². The van der Waals surface area contributed by atoms with E-state index in [0.717, 1.165) is 38.5 Å². The van der Waals surface area contributed by atoms with Gasteiger partial charge >= 0.3 is 0 Å². The van der Waals surface area contributed by atoms with Gasteiger partial charge in [0.05, 0.1) is 5.60 Å². The van der Waals surface area contributed by atoms with Crippen molar-refractivity contribution in [1.82, 2.24) is 10.2 Å². The van der Waals surface area contributed by atoms with E-state index < -0.39 is 5.60 Å². The molecule has 5 nitrogen and oxygen atoms in total. The second kappa shape index (κ2) is 3.76. The lowest BCUT2D eigenvalue weighted by Gasteiger charge is -2.62. The highest BCUT2D eigenvalue weighted by Gasteiger charge is 2.66. The molecular weight excluding hydrogens is 292 g/mol. The lowest BCUT2D eigenvalue weighted by molar-refractivity contribution is -0.186. The summed E-state index contributed by atoms with van der Waals surface area (Å²) in [5.74, 6) is 1.86. The van der Waals surface area contributed by atoms with E-state index in [1.807, 2.05) is 4.90 Å². The lowest BCUT2D eigenvalue weighted by atomic mass is 9.46. The minimum absolute atomic E-state index is 0.0598. The average Bonchev–Trinajstić information content (AvgIpc) is 3.10. The third-order valence-electron chi connectivity index (χ3n) is 7.88. The first-order valence-corrected chi connectivity index (χ1v) is 9.31. The smallest absolute Gasteiger partial charge is 0.246 e. The Morgan fingerprint density at radius 1 is 1.04 bits per heavy atom. The molecule has 6 atom stereocenters. The fraction of sp³-hybridized carbons (Fsp3) is 0.889. The van der Waals surface area contributed by atoms with Crippen molar-refractivity contribution in [2.24, 2.45) is 23.2 Å². The summed E-state index contributed by atoms with van der Waals surface area (Å²) in [5.41, 5.74) is -0.775. The summed E-state index contributed by atoms with van der Waals surface area (Å²) in [4.78, 5) is 27.8. The van der Waals surface area contributed by atoms with Crippen LogP contribution in [0.1, 0.15) is 51.4 Å². The Bertz CT molecular complexity index is 618. The predicted octanol–water partition coefficient (Wildman–Crippen LogP) is 0.805. The number of fused-ring (bicyclic) bond motifs is 3. The number of carbonyl (C=O) groups is 2. The Kier molecular flexibility index (Phi) is 2.16. The number of piperazine rings is 1. The maximum absolute atomic E-state index is 13.2. The molecule has 2 saturated heterocycles. The van der Waals surface area contributed by atoms with E-state index >= 15 is 0 Å². The molecule has 124 valence electrons. The van der Waals surface area contributed by atoms with Crippen LogP contribution < -0.4 is 5.32 Å². The molecule has 2 heterocycles. The van der Waals surface area contributed by atoms with E-state index in [1.165, 1.54) is 6.42 Å². The van der Waals surface area contributed by atoms with Crippen LogP contribution in [0.2, 0.25) is 0 Å². The molecule has 2 N–H and O–H groups in total. The highest BCUT2D eigenvalue weighted by molar-refractivity contribution is 5.98. The maximum Gasteiger partial charge on any atom is 0.246 e. The van der Waals surface area contributed by atoms with E-state index in [9.17, 15) is 14.7 Å². The number of rotatable bonds is 1. The first-order valence-electron chi connectivity index (χ1n) is 9.31. The molecule has 0 aromatic carbocycles. The van der Waals surface area contributed by atoms with Gasteiger partial charge in [0, 0.05) is 11.5 Å². The lowest BCUT2D eigenvalue weighted by Crippen LogP contribution is -2.71. The monoisotopic (exact) mass is 316 g/mol. The number of carbonyl (C=O) groups excluding carboxylic acids is 2. The summed E-state index contributed by atoms with van der Waals surface area (Å²) in [7, 11) is 0.